The fourth-order valence-electron chi connectivity index (χ4n) is 2.23. The SMILES string of the molecule is N#Cc1c(C(=O)O)nn(-c2ccccn2)c1-c1ccc(F)c(F)c1. The normalized spacial score (nSPS) is 10.4. The molecule has 0 fully saturated rings. The Morgan fingerprint density at radius 1 is 1.21 bits per heavy atom. The number of nitriles is 1. The van der Waals surface area contributed by atoms with Crippen LogP contribution in [0.5, 0.6) is 0 Å². The van der Waals surface area contributed by atoms with Gasteiger partial charge in [-0.2, -0.15) is 10.4 Å². The minimum Gasteiger partial charge on any atom is -0.476 e. The van der Waals surface area contributed by atoms with Crippen molar-refractivity contribution in [1.82, 2.24) is 14.8 Å². The Kier molecular flexibility index (Phi) is 3.75. The van der Waals surface area contributed by atoms with E-state index in [1.54, 1.807) is 24.3 Å². The molecule has 0 aliphatic heterocycles. The molecule has 2 aromatic heterocycles. The molecule has 0 aliphatic rings. The van der Waals surface area contributed by atoms with E-state index in [4.69, 9.17) is 0 Å². The van der Waals surface area contributed by atoms with Crippen molar-refractivity contribution in [3.05, 3.63) is 65.5 Å². The number of carboxylic acid groups (broad SMARTS) is 1. The van der Waals surface area contributed by atoms with Gasteiger partial charge in [-0.25, -0.2) is 23.2 Å². The van der Waals surface area contributed by atoms with Crippen LogP contribution in [0.1, 0.15) is 16.1 Å². The standard InChI is InChI=1S/C16H8F2N4O2/c17-11-5-4-9(7-12(11)18)15-10(8-19)14(16(23)24)21-22(15)13-3-1-2-6-20-13/h1-7H,(H,23,24). The number of carboxylic acids is 1. The Labute approximate surface area is 134 Å². The Morgan fingerprint density at radius 3 is 2.58 bits per heavy atom. The minimum atomic E-state index is -1.41. The number of aromatic nitrogens is 3. The lowest BCUT2D eigenvalue weighted by Crippen LogP contribution is -2.04. The highest BCUT2D eigenvalue weighted by molar-refractivity contribution is 5.91. The molecule has 3 aromatic rings. The fraction of sp³-hybridized carbons (Fsp3) is 0. The molecule has 6 nitrogen and oxygen atoms in total. The van der Waals surface area contributed by atoms with E-state index < -0.39 is 23.3 Å². The molecule has 0 unspecified atom stereocenters. The topological polar surface area (TPSA) is 91.8 Å². The number of rotatable bonds is 3. The summed E-state index contributed by atoms with van der Waals surface area (Å²) >= 11 is 0. The van der Waals surface area contributed by atoms with Gasteiger partial charge in [0.05, 0.1) is 5.69 Å². The molecule has 1 N–H and O–H groups in total. The van der Waals surface area contributed by atoms with E-state index in [0.29, 0.717) is 0 Å². The average molecular weight is 326 g/mol. The van der Waals surface area contributed by atoms with Gasteiger partial charge in [0, 0.05) is 11.8 Å². The first-order valence-corrected chi connectivity index (χ1v) is 6.66. The molecule has 0 saturated heterocycles. The summed E-state index contributed by atoms with van der Waals surface area (Å²) in [5, 5.41) is 22.5. The molecule has 0 atom stereocenters. The van der Waals surface area contributed by atoms with E-state index in [-0.39, 0.29) is 22.6 Å². The first-order chi connectivity index (χ1) is 11.5. The number of benzene rings is 1. The van der Waals surface area contributed by atoms with Crippen LogP contribution in [0.25, 0.3) is 17.1 Å². The van der Waals surface area contributed by atoms with Crippen LogP contribution in [0.3, 0.4) is 0 Å². The van der Waals surface area contributed by atoms with Gasteiger partial charge in [-0.1, -0.05) is 6.07 Å². The highest BCUT2D eigenvalue weighted by Gasteiger charge is 2.25. The van der Waals surface area contributed by atoms with Crippen molar-refractivity contribution in [2.45, 2.75) is 0 Å². The van der Waals surface area contributed by atoms with Crippen LogP contribution in [0.4, 0.5) is 8.78 Å². The van der Waals surface area contributed by atoms with E-state index in [1.165, 1.54) is 12.3 Å². The highest BCUT2D eigenvalue weighted by atomic mass is 19.2. The molecular formula is C16H8F2N4O2. The molecular weight excluding hydrogens is 318 g/mol. The summed E-state index contributed by atoms with van der Waals surface area (Å²) < 4.78 is 27.9. The van der Waals surface area contributed by atoms with E-state index in [2.05, 4.69) is 10.1 Å². The number of aromatic carboxylic acids is 1. The van der Waals surface area contributed by atoms with Crippen LogP contribution in [0, 0.1) is 23.0 Å². The highest BCUT2D eigenvalue weighted by Crippen LogP contribution is 2.29. The van der Waals surface area contributed by atoms with Gasteiger partial charge in [0.15, 0.2) is 23.1 Å². The maximum atomic E-state index is 13.6. The predicted octanol–water partition coefficient (Wildman–Crippen LogP) is 2.78. The largest absolute Gasteiger partial charge is 0.476 e. The number of hydrogen-bond acceptors (Lipinski definition) is 4. The lowest BCUT2D eigenvalue weighted by atomic mass is 10.1. The van der Waals surface area contributed by atoms with Gasteiger partial charge in [-0.05, 0) is 30.3 Å². The number of nitrogens with zero attached hydrogens (tertiary/aromatic N) is 4. The average Bonchev–Trinajstić information content (AvgIpc) is 2.98. The third-order valence-electron chi connectivity index (χ3n) is 3.26. The molecule has 0 aliphatic carbocycles. The lowest BCUT2D eigenvalue weighted by Gasteiger charge is -2.07. The number of carbonyl (C=O) groups is 1. The van der Waals surface area contributed by atoms with Gasteiger partial charge in [0.1, 0.15) is 11.6 Å². The van der Waals surface area contributed by atoms with Crippen LogP contribution >= 0.6 is 0 Å². The Hall–Kier alpha value is -3.60. The summed E-state index contributed by atoms with van der Waals surface area (Å²) in [6, 6.07) is 9.60. The smallest absolute Gasteiger partial charge is 0.357 e. The number of hydrogen-bond donors (Lipinski definition) is 1. The van der Waals surface area contributed by atoms with Crippen molar-refractivity contribution < 1.29 is 18.7 Å². The Morgan fingerprint density at radius 2 is 2.00 bits per heavy atom. The van der Waals surface area contributed by atoms with Crippen LogP contribution in [0.15, 0.2) is 42.6 Å². The van der Waals surface area contributed by atoms with Gasteiger partial charge in [-0.3, -0.25) is 0 Å². The van der Waals surface area contributed by atoms with Crippen molar-refractivity contribution in [2.75, 3.05) is 0 Å². The van der Waals surface area contributed by atoms with Gasteiger partial charge in [0.2, 0.25) is 0 Å². The molecule has 0 spiro atoms. The van der Waals surface area contributed by atoms with Crippen LogP contribution < -0.4 is 0 Å². The van der Waals surface area contributed by atoms with Gasteiger partial charge in [0.25, 0.3) is 0 Å². The van der Waals surface area contributed by atoms with E-state index in [0.717, 1.165) is 16.8 Å². The summed E-state index contributed by atoms with van der Waals surface area (Å²) in [5.41, 5.74) is -0.634. The molecule has 2 heterocycles. The summed E-state index contributed by atoms with van der Waals surface area (Å²) in [7, 11) is 0. The van der Waals surface area contributed by atoms with Gasteiger partial charge in [-0.15, -0.1) is 0 Å². The summed E-state index contributed by atoms with van der Waals surface area (Å²) in [4.78, 5) is 15.4. The zero-order valence-electron chi connectivity index (χ0n) is 11.9. The maximum Gasteiger partial charge on any atom is 0.357 e. The molecule has 0 saturated carbocycles. The molecule has 0 amide bonds. The van der Waals surface area contributed by atoms with Crippen molar-refractivity contribution in [3.8, 4) is 23.1 Å². The first-order valence-electron chi connectivity index (χ1n) is 6.66. The summed E-state index contributed by atoms with van der Waals surface area (Å²) in [5.74, 6) is -3.35. The van der Waals surface area contributed by atoms with Crippen molar-refractivity contribution in [1.29, 1.82) is 5.26 Å². The molecule has 3 rings (SSSR count). The third-order valence-corrected chi connectivity index (χ3v) is 3.26. The molecule has 8 heteroatoms. The van der Waals surface area contributed by atoms with Crippen LogP contribution in [-0.2, 0) is 0 Å². The van der Waals surface area contributed by atoms with Gasteiger partial charge < -0.3 is 5.11 Å². The van der Waals surface area contributed by atoms with Crippen LogP contribution in [-0.4, -0.2) is 25.8 Å². The van der Waals surface area contributed by atoms with Crippen molar-refractivity contribution in [3.63, 3.8) is 0 Å². The molecule has 1 aromatic carbocycles. The monoisotopic (exact) mass is 326 g/mol. The summed E-state index contributed by atoms with van der Waals surface area (Å²) in [6.07, 6.45) is 1.46. The van der Waals surface area contributed by atoms with Crippen molar-refractivity contribution >= 4 is 5.97 Å². The Bertz CT molecular complexity index is 978. The second-order valence-electron chi connectivity index (χ2n) is 4.72. The zero-order valence-corrected chi connectivity index (χ0v) is 11.9. The molecule has 118 valence electrons. The lowest BCUT2D eigenvalue weighted by molar-refractivity contribution is 0.0689. The van der Waals surface area contributed by atoms with E-state index in [1.807, 2.05) is 0 Å². The zero-order chi connectivity index (χ0) is 17.3. The van der Waals surface area contributed by atoms with E-state index >= 15 is 0 Å². The summed E-state index contributed by atoms with van der Waals surface area (Å²) in [6.45, 7) is 0. The second kappa shape index (κ2) is 5.89. The minimum absolute atomic E-state index is 0.0208. The third kappa shape index (κ3) is 2.48. The predicted molar refractivity (Wildman–Crippen MR) is 78.4 cm³/mol. The first kappa shape index (κ1) is 15.3. The maximum absolute atomic E-state index is 13.6. The fourth-order valence-corrected chi connectivity index (χ4v) is 2.23. The number of halogens is 2. The second-order valence-corrected chi connectivity index (χ2v) is 4.72. The van der Waals surface area contributed by atoms with Crippen LogP contribution in [0.2, 0.25) is 0 Å². The molecule has 24 heavy (non-hydrogen) atoms. The Balaban J connectivity index is 2.36. The molecule has 0 radical (unpaired) electrons. The molecule has 0 bridgehead atoms. The van der Waals surface area contributed by atoms with Gasteiger partial charge >= 0.3 is 5.97 Å². The number of pyridine rings is 1. The van der Waals surface area contributed by atoms with E-state index in [9.17, 15) is 23.9 Å². The quantitative estimate of drug-likeness (QED) is 0.799. The van der Waals surface area contributed by atoms with Crippen molar-refractivity contribution in [2.24, 2.45) is 0 Å².